The number of ether oxygens (including phenoxy) is 1. The molecule has 0 spiro atoms. The molecule has 0 radical (unpaired) electrons. The summed E-state index contributed by atoms with van der Waals surface area (Å²) < 4.78 is 5.14. The summed E-state index contributed by atoms with van der Waals surface area (Å²) in [6.45, 7) is 0.286. The Morgan fingerprint density at radius 1 is 1.00 bits per heavy atom. The van der Waals surface area contributed by atoms with Gasteiger partial charge in [-0.15, -0.1) is 12.4 Å². The van der Waals surface area contributed by atoms with E-state index in [2.05, 4.69) is 9.97 Å². The molecule has 0 aliphatic rings. The maximum Gasteiger partial charge on any atom is 0.340 e. The van der Waals surface area contributed by atoms with E-state index < -0.39 is 0 Å². The number of benzene rings is 1. The number of carbonyl (C=O) groups excluding carboxylic acids is 1. The monoisotopic (exact) mass is 316 g/mol. The largest absolute Gasteiger partial charge is 0.457 e. The Balaban J connectivity index is 0.000000344. The minimum Gasteiger partial charge on any atom is -0.457 e. The Bertz CT molecular complexity index is 611. The van der Waals surface area contributed by atoms with E-state index in [4.69, 9.17) is 4.74 Å². The van der Waals surface area contributed by atoms with Crippen molar-refractivity contribution < 1.29 is 9.53 Å². The Hall–Kier alpha value is -2.59. The molecule has 0 aliphatic heterocycles. The van der Waals surface area contributed by atoms with Gasteiger partial charge in [-0.05, 0) is 29.8 Å². The molecule has 0 unspecified atom stereocenters. The molecule has 1 aromatic carbocycles. The maximum atomic E-state index is 11.6. The molecule has 3 aromatic rings. The molecule has 2 heterocycles. The fourth-order valence-electron chi connectivity index (χ4n) is 1.57. The Morgan fingerprint density at radius 2 is 1.73 bits per heavy atom. The van der Waals surface area contributed by atoms with Gasteiger partial charge in [-0.2, -0.15) is 0 Å². The predicted octanol–water partition coefficient (Wildman–Crippen LogP) is 3.88. The van der Waals surface area contributed by atoms with Gasteiger partial charge >= 0.3 is 5.97 Å². The van der Waals surface area contributed by atoms with Gasteiger partial charge in [0, 0.05) is 24.8 Å². The lowest BCUT2D eigenvalue weighted by atomic mass is 10.2. The molecule has 5 heteroatoms. The maximum absolute atomic E-state index is 11.6. The summed E-state index contributed by atoms with van der Waals surface area (Å²) in [4.78, 5) is 18.3. The minimum atomic E-state index is -0.350. The molecule has 2 aromatic heterocycles. The zero-order valence-corrected chi connectivity index (χ0v) is 12.7. The predicted molar refractivity (Wildman–Crippen MR) is 87.8 cm³/mol. The number of aromatic nitrogens is 2. The lowest BCUT2D eigenvalue weighted by molar-refractivity contribution is 0.0472. The van der Waals surface area contributed by atoms with Gasteiger partial charge in [-0.3, -0.25) is 4.98 Å². The highest BCUT2D eigenvalue weighted by Gasteiger charge is 2.06. The number of H-pyrrole nitrogens is 1. The van der Waals surface area contributed by atoms with Crippen LogP contribution in [0.25, 0.3) is 0 Å². The molecule has 0 amide bonds. The number of hydrogen-bond donors (Lipinski definition) is 1. The minimum absolute atomic E-state index is 0. The summed E-state index contributed by atoms with van der Waals surface area (Å²) in [5, 5.41) is 0. The number of nitrogens with one attached hydrogen (secondary N) is 1. The Kier molecular flexibility index (Phi) is 8.08. The number of halogens is 1. The van der Waals surface area contributed by atoms with E-state index in [1.807, 2.05) is 54.9 Å². The number of rotatable bonds is 3. The van der Waals surface area contributed by atoms with Crippen LogP contribution in [0.2, 0.25) is 0 Å². The topological polar surface area (TPSA) is 55.0 Å². The molecule has 0 saturated heterocycles. The van der Waals surface area contributed by atoms with Crippen molar-refractivity contribution in [3.63, 3.8) is 0 Å². The van der Waals surface area contributed by atoms with Crippen LogP contribution >= 0.6 is 12.4 Å². The van der Waals surface area contributed by atoms with Gasteiger partial charge in [0.15, 0.2) is 0 Å². The lowest BCUT2D eigenvalue weighted by Crippen LogP contribution is -2.05. The molecule has 22 heavy (non-hydrogen) atoms. The van der Waals surface area contributed by atoms with Gasteiger partial charge in [0.05, 0.1) is 5.56 Å². The second-order valence-electron chi connectivity index (χ2n) is 4.19. The standard InChI is InChI=1S/C13H11NO2.C4H5N.ClH/c15-13(12-7-4-8-14-9-12)16-10-11-5-2-1-3-6-11;1-2-4-5-3-1;/h1-9H,10H2;1-5H;1H. The van der Waals surface area contributed by atoms with Crippen molar-refractivity contribution in [1.29, 1.82) is 0 Å². The van der Waals surface area contributed by atoms with Crippen molar-refractivity contribution in [2.45, 2.75) is 6.61 Å². The van der Waals surface area contributed by atoms with Crippen molar-refractivity contribution in [1.82, 2.24) is 9.97 Å². The normalized spacial score (nSPS) is 8.91. The quantitative estimate of drug-likeness (QED) is 0.746. The summed E-state index contributed by atoms with van der Waals surface area (Å²) in [6.07, 6.45) is 6.86. The second kappa shape index (κ2) is 10.2. The summed E-state index contributed by atoms with van der Waals surface area (Å²) in [5.41, 5.74) is 1.44. The molecule has 0 aliphatic carbocycles. The highest BCUT2D eigenvalue weighted by atomic mass is 35.5. The average Bonchev–Trinajstić information content (AvgIpc) is 3.14. The van der Waals surface area contributed by atoms with Crippen LogP contribution in [0.5, 0.6) is 0 Å². The van der Waals surface area contributed by atoms with Crippen molar-refractivity contribution in [2.75, 3.05) is 0 Å². The highest BCUT2D eigenvalue weighted by molar-refractivity contribution is 5.88. The molecule has 3 rings (SSSR count). The van der Waals surface area contributed by atoms with E-state index in [0.29, 0.717) is 5.56 Å². The molecule has 1 N–H and O–H groups in total. The fourth-order valence-corrected chi connectivity index (χ4v) is 1.57. The van der Waals surface area contributed by atoms with Crippen LogP contribution in [0.4, 0.5) is 0 Å². The van der Waals surface area contributed by atoms with Crippen molar-refractivity contribution >= 4 is 18.4 Å². The van der Waals surface area contributed by atoms with E-state index in [1.165, 1.54) is 6.20 Å². The first-order valence-electron chi connectivity index (χ1n) is 6.55. The Morgan fingerprint density at radius 3 is 2.27 bits per heavy atom. The van der Waals surface area contributed by atoms with Crippen LogP contribution in [0.1, 0.15) is 15.9 Å². The van der Waals surface area contributed by atoms with E-state index in [-0.39, 0.29) is 25.0 Å². The molecular formula is C17H17ClN2O2. The van der Waals surface area contributed by atoms with E-state index in [1.54, 1.807) is 18.3 Å². The number of nitrogens with zero attached hydrogens (tertiary/aromatic N) is 1. The smallest absolute Gasteiger partial charge is 0.340 e. The molecule has 114 valence electrons. The highest BCUT2D eigenvalue weighted by Crippen LogP contribution is 2.04. The first kappa shape index (κ1) is 17.5. The van der Waals surface area contributed by atoms with E-state index in [0.717, 1.165) is 5.56 Å². The zero-order chi connectivity index (χ0) is 14.8. The molecule has 0 fully saturated rings. The molecule has 0 saturated carbocycles. The zero-order valence-electron chi connectivity index (χ0n) is 11.9. The molecule has 0 atom stereocenters. The fraction of sp³-hybridized carbons (Fsp3) is 0.0588. The van der Waals surface area contributed by atoms with Gasteiger partial charge < -0.3 is 9.72 Å². The van der Waals surface area contributed by atoms with Gasteiger partial charge in [0.1, 0.15) is 6.61 Å². The van der Waals surface area contributed by atoms with E-state index in [9.17, 15) is 4.79 Å². The SMILES string of the molecule is Cl.O=C(OCc1ccccc1)c1cccnc1.c1cc[nH]c1. The van der Waals surface area contributed by atoms with E-state index >= 15 is 0 Å². The number of aromatic amines is 1. The number of hydrogen-bond acceptors (Lipinski definition) is 3. The molecule has 4 nitrogen and oxygen atoms in total. The first-order chi connectivity index (χ1) is 10.4. The van der Waals surface area contributed by atoms with Crippen molar-refractivity contribution in [3.05, 3.63) is 90.5 Å². The molecular weight excluding hydrogens is 300 g/mol. The average molecular weight is 317 g/mol. The van der Waals surface area contributed by atoms with Gasteiger partial charge in [0.2, 0.25) is 0 Å². The van der Waals surface area contributed by atoms with Crippen LogP contribution in [0.15, 0.2) is 79.4 Å². The van der Waals surface area contributed by atoms with Crippen molar-refractivity contribution in [3.8, 4) is 0 Å². The molecule has 0 bridgehead atoms. The third-order valence-electron chi connectivity index (χ3n) is 2.61. The lowest BCUT2D eigenvalue weighted by Gasteiger charge is -2.03. The first-order valence-corrected chi connectivity index (χ1v) is 6.55. The second-order valence-corrected chi connectivity index (χ2v) is 4.19. The third-order valence-corrected chi connectivity index (χ3v) is 2.61. The Labute approximate surface area is 135 Å². The summed E-state index contributed by atoms with van der Waals surface area (Å²) in [5.74, 6) is -0.350. The number of pyridine rings is 1. The van der Waals surface area contributed by atoms with Crippen LogP contribution in [0.3, 0.4) is 0 Å². The number of carbonyl (C=O) groups is 1. The van der Waals surface area contributed by atoms with Gasteiger partial charge in [0.25, 0.3) is 0 Å². The van der Waals surface area contributed by atoms with Crippen LogP contribution < -0.4 is 0 Å². The summed E-state index contributed by atoms with van der Waals surface area (Å²) in [6, 6.07) is 16.8. The van der Waals surface area contributed by atoms with Gasteiger partial charge in [-0.1, -0.05) is 30.3 Å². The summed E-state index contributed by atoms with van der Waals surface area (Å²) >= 11 is 0. The van der Waals surface area contributed by atoms with Crippen molar-refractivity contribution in [2.24, 2.45) is 0 Å². The third kappa shape index (κ3) is 6.24. The number of esters is 1. The summed E-state index contributed by atoms with van der Waals surface area (Å²) in [7, 11) is 0. The van der Waals surface area contributed by atoms with Crippen LogP contribution in [-0.2, 0) is 11.3 Å². The van der Waals surface area contributed by atoms with Crippen LogP contribution in [0, 0.1) is 0 Å². The van der Waals surface area contributed by atoms with Gasteiger partial charge in [-0.25, -0.2) is 4.79 Å². The van der Waals surface area contributed by atoms with Crippen LogP contribution in [-0.4, -0.2) is 15.9 Å².